The Labute approximate surface area is 116 Å². The predicted molar refractivity (Wildman–Crippen MR) is 82.5 cm³/mol. The molecule has 1 atom stereocenters. The van der Waals surface area contributed by atoms with Crippen molar-refractivity contribution in [2.45, 2.75) is 26.3 Å². The van der Waals surface area contributed by atoms with Crippen LogP contribution in [0.15, 0.2) is 36.5 Å². The van der Waals surface area contributed by atoms with E-state index in [9.17, 15) is 0 Å². The Balaban J connectivity index is 2.08. The highest BCUT2D eigenvalue weighted by Gasteiger charge is 2.13. The minimum absolute atomic E-state index is 0.380. The van der Waals surface area contributed by atoms with Crippen molar-refractivity contribution in [3.05, 3.63) is 36.5 Å². The first kappa shape index (κ1) is 12.2. The van der Waals surface area contributed by atoms with Gasteiger partial charge >= 0.3 is 0 Å². The zero-order valence-electron chi connectivity index (χ0n) is 11.1. The molecule has 1 unspecified atom stereocenters. The summed E-state index contributed by atoms with van der Waals surface area (Å²) >= 11 is 1.74. The molecule has 4 heteroatoms. The Bertz CT molecular complexity index is 678. The van der Waals surface area contributed by atoms with E-state index >= 15 is 0 Å². The maximum atomic E-state index is 6.11. The summed E-state index contributed by atoms with van der Waals surface area (Å²) in [6.45, 7) is 4.31. The smallest absolute Gasteiger partial charge is 0.125 e. The molecule has 3 nitrogen and oxygen atoms in total. The number of nitrogens with zero attached hydrogens (tertiary/aromatic N) is 2. The lowest BCUT2D eigenvalue weighted by Crippen LogP contribution is -2.03. The van der Waals surface area contributed by atoms with Gasteiger partial charge in [0.25, 0.3) is 0 Å². The van der Waals surface area contributed by atoms with Crippen LogP contribution in [0.4, 0.5) is 5.69 Å². The van der Waals surface area contributed by atoms with E-state index in [2.05, 4.69) is 49.3 Å². The molecule has 0 aliphatic rings. The van der Waals surface area contributed by atoms with E-state index in [0.29, 0.717) is 6.04 Å². The largest absolute Gasteiger partial charge is 0.396 e. The topological polar surface area (TPSA) is 43.8 Å². The zero-order valence-corrected chi connectivity index (χ0v) is 11.9. The van der Waals surface area contributed by atoms with E-state index in [1.807, 2.05) is 10.9 Å². The highest BCUT2D eigenvalue weighted by atomic mass is 32.1. The summed E-state index contributed by atoms with van der Waals surface area (Å²) in [7, 11) is 0. The molecule has 19 heavy (non-hydrogen) atoms. The molecular formula is C15H17N3S. The molecule has 0 radical (unpaired) electrons. The summed E-state index contributed by atoms with van der Waals surface area (Å²) in [6, 6.07) is 10.9. The normalized spacial score (nSPS) is 12.9. The number of hydrogen-bond donors (Lipinski definition) is 1. The van der Waals surface area contributed by atoms with Crippen LogP contribution >= 0.6 is 11.3 Å². The lowest BCUT2D eigenvalue weighted by atomic mass is 10.2. The van der Waals surface area contributed by atoms with Crippen LogP contribution in [0.25, 0.3) is 20.7 Å². The molecule has 0 saturated heterocycles. The predicted octanol–water partition coefficient (Wildman–Crippen LogP) is 4.32. The molecule has 2 heterocycles. The van der Waals surface area contributed by atoms with Crippen molar-refractivity contribution in [3.8, 4) is 10.6 Å². The zero-order chi connectivity index (χ0) is 13.4. The van der Waals surface area contributed by atoms with Crippen LogP contribution in [0.5, 0.6) is 0 Å². The van der Waals surface area contributed by atoms with Crippen LogP contribution in [-0.4, -0.2) is 9.78 Å². The van der Waals surface area contributed by atoms with Gasteiger partial charge in [-0.15, -0.1) is 11.3 Å². The fraction of sp³-hybridized carbons (Fsp3) is 0.267. The third-order valence-electron chi connectivity index (χ3n) is 3.46. The number of nitrogens with two attached hydrogens (primary N) is 1. The van der Waals surface area contributed by atoms with Gasteiger partial charge in [-0.2, -0.15) is 5.10 Å². The highest BCUT2D eigenvalue weighted by molar-refractivity contribution is 7.22. The number of benzene rings is 1. The SMILES string of the molecule is CCC(C)n1cc(N)c(-c2cc3ccccc3s2)n1. The number of thiophene rings is 1. The molecule has 0 aliphatic carbocycles. The Morgan fingerprint density at radius 3 is 2.89 bits per heavy atom. The van der Waals surface area contributed by atoms with E-state index in [4.69, 9.17) is 5.73 Å². The minimum atomic E-state index is 0.380. The molecule has 2 aromatic heterocycles. The van der Waals surface area contributed by atoms with E-state index < -0.39 is 0 Å². The molecule has 3 rings (SSSR count). The van der Waals surface area contributed by atoms with Crippen molar-refractivity contribution in [2.75, 3.05) is 5.73 Å². The lowest BCUT2D eigenvalue weighted by Gasteiger charge is -2.07. The molecule has 1 aromatic carbocycles. The van der Waals surface area contributed by atoms with Gasteiger partial charge < -0.3 is 5.73 Å². The lowest BCUT2D eigenvalue weighted by molar-refractivity contribution is 0.479. The fourth-order valence-electron chi connectivity index (χ4n) is 2.11. The fourth-order valence-corrected chi connectivity index (χ4v) is 3.18. The molecular weight excluding hydrogens is 254 g/mol. The minimum Gasteiger partial charge on any atom is -0.396 e. The van der Waals surface area contributed by atoms with Crippen LogP contribution in [-0.2, 0) is 0 Å². The second kappa shape index (κ2) is 4.70. The van der Waals surface area contributed by atoms with Crippen LogP contribution in [0.3, 0.4) is 0 Å². The van der Waals surface area contributed by atoms with Gasteiger partial charge in [0.2, 0.25) is 0 Å². The molecule has 2 N–H and O–H groups in total. The summed E-state index contributed by atoms with van der Waals surface area (Å²) in [6.07, 6.45) is 2.99. The van der Waals surface area contributed by atoms with Crippen LogP contribution in [0, 0.1) is 0 Å². The second-order valence-electron chi connectivity index (χ2n) is 4.82. The van der Waals surface area contributed by atoms with Crippen molar-refractivity contribution in [1.82, 2.24) is 9.78 Å². The molecule has 0 saturated carbocycles. The Morgan fingerprint density at radius 2 is 2.16 bits per heavy atom. The first-order valence-corrected chi connectivity index (χ1v) is 7.34. The van der Waals surface area contributed by atoms with E-state index in [1.54, 1.807) is 11.3 Å². The number of anilines is 1. The van der Waals surface area contributed by atoms with Gasteiger partial charge in [-0.05, 0) is 30.9 Å². The van der Waals surface area contributed by atoms with Gasteiger partial charge in [0, 0.05) is 16.9 Å². The van der Waals surface area contributed by atoms with Gasteiger partial charge in [0.1, 0.15) is 5.69 Å². The molecule has 0 fully saturated rings. The molecule has 0 spiro atoms. The van der Waals surface area contributed by atoms with Crippen LogP contribution < -0.4 is 5.73 Å². The average Bonchev–Trinajstić information content (AvgIpc) is 3.00. The van der Waals surface area contributed by atoms with Gasteiger partial charge in [0.15, 0.2) is 0 Å². The third kappa shape index (κ3) is 2.12. The van der Waals surface area contributed by atoms with Gasteiger partial charge in [0.05, 0.1) is 10.6 Å². The maximum absolute atomic E-state index is 6.11. The number of hydrogen-bond acceptors (Lipinski definition) is 3. The number of nitrogen functional groups attached to an aromatic ring is 1. The third-order valence-corrected chi connectivity index (χ3v) is 4.58. The van der Waals surface area contributed by atoms with Crippen LogP contribution in [0.2, 0.25) is 0 Å². The van der Waals surface area contributed by atoms with Gasteiger partial charge in [-0.25, -0.2) is 0 Å². The molecule has 0 aliphatic heterocycles. The molecule has 0 bridgehead atoms. The van der Waals surface area contributed by atoms with Gasteiger partial charge in [-0.1, -0.05) is 25.1 Å². The van der Waals surface area contributed by atoms with Gasteiger partial charge in [-0.3, -0.25) is 4.68 Å². The summed E-state index contributed by atoms with van der Waals surface area (Å²) in [5.74, 6) is 0. The average molecular weight is 271 g/mol. The number of rotatable bonds is 3. The Morgan fingerprint density at radius 1 is 1.37 bits per heavy atom. The maximum Gasteiger partial charge on any atom is 0.125 e. The van der Waals surface area contributed by atoms with E-state index in [1.165, 1.54) is 10.1 Å². The van der Waals surface area contributed by atoms with Crippen molar-refractivity contribution in [2.24, 2.45) is 0 Å². The van der Waals surface area contributed by atoms with Crippen molar-refractivity contribution in [3.63, 3.8) is 0 Å². The Hall–Kier alpha value is -1.81. The summed E-state index contributed by atoms with van der Waals surface area (Å²) in [5.41, 5.74) is 7.77. The first-order chi connectivity index (χ1) is 9.19. The van der Waals surface area contributed by atoms with Crippen molar-refractivity contribution in [1.29, 1.82) is 0 Å². The summed E-state index contributed by atoms with van der Waals surface area (Å²) in [4.78, 5) is 1.14. The second-order valence-corrected chi connectivity index (χ2v) is 5.90. The quantitative estimate of drug-likeness (QED) is 0.771. The molecule has 98 valence electrons. The van der Waals surface area contributed by atoms with Crippen LogP contribution in [0.1, 0.15) is 26.3 Å². The Kier molecular flexibility index (Phi) is 3.03. The van der Waals surface area contributed by atoms with Crippen molar-refractivity contribution < 1.29 is 0 Å². The molecule has 3 aromatic rings. The summed E-state index contributed by atoms with van der Waals surface area (Å²) in [5, 5.41) is 5.90. The standard InChI is InChI=1S/C15H17N3S/c1-3-10(2)18-9-12(16)15(17-18)14-8-11-6-4-5-7-13(11)19-14/h4-10H,3,16H2,1-2H3. The van der Waals surface area contributed by atoms with Crippen molar-refractivity contribution >= 4 is 27.1 Å². The number of aromatic nitrogens is 2. The highest BCUT2D eigenvalue weighted by Crippen LogP contribution is 2.35. The molecule has 0 amide bonds. The van der Waals surface area contributed by atoms with E-state index in [0.717, 1.165) is 22.7 Å². The van der Waals surface area contributed by atoms with E-state index in [-0.39, 0.29) is 0 Å². The summed E-state index contributed by atoms with van der Waals surface area (Å²) < 4.78 is 3.24. The first-order valence-electron chi connectivity index (χ1n) is 6.52. The monoisotopic (exact) mass is 271 g/mol. The number of fused-ring (bicyclic) bond motifs is 1.